The Morgan fingerprint density at radius 1 is 0.939 bits per heavy atom. The number of pyridine rings is 1. The fourth-order valence-electron chi connectivity index (χ4n) is 3.26. The lowest BCUT2D eigenvalue weighted by Gasteiger charge is -2.12. The number of aromatic nitrogens is 7. The van der Waals surface area contributed by atoms with E-state index in [0.717, 1.165) is 6.07 Å². The minimum absolute atomic E-state index is 0.0747. The molecule has 0 aliphatic carbocycles. The van der Waals surface area contributed by atoms with E-state index in [1.54, 1.807) is 12.1 Å². The minimum atomic E-state index is -4.54. The van der Waals surface area contributed by atoms with Gasteiger partial charge in [-0.05, 0) is 24.3 Å². The smallest absolute Gasteiger partial charge is 0.316 e. The molecule has 1 N–H and O–H groups in total. The van der Waals surface area contributed by atoms with Gasteiger partial charge >= 0.3 is 6.18 Å². The third-order valence-corrected chi connectivity index (χ3v) is 4.78. The van der Waals surface area contributed by atoms with E-state index in [9.17, 15) is 18.0 Å². The fraction of sp³-hybridized carbons (Fsp3) is 0.0476. The molecule has 0 atom stereocenters. The Labute approximate surface area is 183 Å². The van der Waals surface area contributed by atoms with Crippen LogP contribution in [0.2, 0.25) is 0 Å². The van der Waals surface area contributed by atoms with Crippen molar-refractivity contribution in [3.63, 3.8) is 0 Å². The zero-order chi connectivity index (χ0) is 23.0. The van der Waals surface area contributed by atoms with E-state index in [1.807, 2.05) is 0 Å². The van der Waals surface area contributed by atoms with Crippen LogP contribution in [0.3, 0.4) is 0 Å². The molecule has 0 saturated heterocycles. The number of carbonyl (C=O) groups is 1. The van der Waals surface area contributed by atoms with E-state index in [2.05, 4.69) is 30.6 Å². The van der Waals surface area contributed by atoms with Gasteiger partial charge in [0.15, 0.2) is 5.65 Å². The number of carbonyl (C=O) groups excluding carboxylic acids is 1. The summed E-state index contributed by atoms with van der Waals surface area (Å²) in [5.41, 5.74) is -0.259. The number of nitrogens with zero attached hydrogens (tertiary/aromatic N) is 7. The highest BCUT2D eigenvalue weighted by molar-refractivity contribution is 6.04. The van der Waals surface area contributed by atoms with Crippen LogP contribution in [0.1, 0.15) is 16.1 Å². The number of hydrogen-bond acceptors (Lipinski definition) is 6. The average Bonchev–Trinajstić information content (AvgIpc) is 3.49. The van der Waals surface area contributed by atoms with Gasteiger partial charge in [-0.2, -0.15) is 18.3 Å². The highest BCUT2D eigenvalue weighted by Crippen LogP contribution is 2.36. The summed E-state index contributed by atoms with van der Waals surface area (Å²) in [5.74, 6) is -0.0978. The second kappa shape index (κ2) is 7.82. The molecule has 1 aromatic carbocycles. The number of amides is 1. The van der Waals surface area contributed by atoms with Crippen molar-refractivity contribution in [3.05, 3.63) is 84.8 Å². The van der Waals surface area contributed by atoms with E-state index in [0.29, 0.717) is 5.82 Å². The van der Waals surface area contributed by atoms with Gasteiger partial charge in [0.25, 0.3) is 5.91 Å². The summed E-state index contributed by atoms with van der Waals surface area (Å²) in [6, 6.07) is 11.4. The predicted molar refractivity (Wildman–Crippen MR) is 111 cm³/mol. The normalized spacial score (nSPS) is 11.6. The maximum atomic E-state index is 13.4. The molecule has 33 heavy (non-hydrogen) atoms. The molecule has 0 aliphatic heterocycles. The van der Waals surface area contributed by atoms with Gasteiger partial charge in [-0.1, -0.05) is 24.3 Å². The lowest BCUT2D eigenvalue weighted by atomic mass is 10.0. The molecular weight excluding hydrogens is 437 g/mol. The van der Waals surface area contributed by atoms with Crippen LogP contribution in [0.15, 0.2) is 73.6 Å². The molecule has 1 amide bonds. The van der Waals surface area contributed by atoms with Gasteiger partial charge in [0.2, 0.25) is 0 Å². The van der Waals surface area contributed by atoms with Crippen LogP contribution >= 0.6 is 0 Å². The molecule has 4 heterocycles. The number of hydrogen-bond donors (Lipinski definition) is 1. The fourth-order valence-corrected chi connectivity index (χ4v) is 3.26. The standard InChI is InChI=1S/C21H13F3N8O/c22-21(23,24)14-5-2-1-4-13(14)15-8-9-32-19(29-15)17(10-27-32)30-20(33)16-6-3-7-18(28-16)31-11-25-26-12-31/h1-12H,(H,30,33). The van der Waals surface area contributed by atoms with Gasteiger partial charge in [-0.15, -0.1) is 10.2 Å². The maximum Gasteiger partial charge on any atom is 0.417 e. The van der Waals surface area contributed by atoms with Crippen molar-refractivity contribution in [2.45, 2.75) is 6.18 Å². The number of alkyl halides is 3. The van der Waals surface area contributed by atoms with E-state index < -0.39 is 17.6 Å². The molecule has 0 unspecified atom stereocenters. The summed E-state index contributed by atoms with van der Waals surface area (Å²) in [7, 11) is 0. The van der Waals surface area contributed by atoms with Crippen LogP contribution in [0, 0.1) is 0 Å². The largest absolute Gasteiger partial charge is 0.417 e. The van der Waals surface area contributed by atoms with Crippen molar-refractivity contribution < 1.29 is 18.0 Å². The number of benzene rings is 1. The van der Waals surface area contributed by atoms with Gasteiger partial charge in [0.1, 0.15) is 29.9 Å². The summed E-state index contributed by atoms with van der Waals surface area (Å²) in [6.07, 6.45) is 1.19. The first-order valence-electron chi connectivity index (χ1n) is 9.54. The quantitative estimate of drug-likeness (QED) is 0.449. The monoisotopic (exact) mass is 450 g/mol. The molecule has 0 aliphatic rings. The van der Waals surface area contributed by atoms with Crippen LogP contribution in [0.5, 0.6) is 0 Å². The van der Waals surface area contributed by atoms with Crippen LogP contribution in [0.25, 0.3) is 22.7 Å². The van der Waals surface area contributed by atoms with Crippen molar-refractivity contribution >= 4 is 17.2 Å². The molecule has 0 radical (unpaired) electrons. The molecule has 164 valence electrons. The Bertz CT molecular complexity index is 1460. The summed E-state index contributed by atoms with van der Waals surface area (Å²) in [5, 5.41) is 14.2. The Morgan fingerprint density at radius 2 is 1.73 bits per heavy atom. The summed E-state index contributed by atoms with van der Waals surface area (Å²) < 4.78 is 43.2. The van der Waals surface area contributed by atoms with Crippen molar-refractivity contribution in [2.75, 3.05) is 5.32 Å². The second-order valence-corrected chi connectivity index (χ2v) is 6.89. The highest BCUT2D eigenvalue weighted by atomic mass is 19.4. The van der Waals surface area contributed by atoms with Crippen molar-refractivity contribution in [1.29, 1.82) is 0 Å². The SMILES string of the molecule is O=C(Nc1cnn2ccc(-c3ccccc3C(F)(F)F)nc12)c1cccc(-n2cnnc2)n1. The lowest BCUT2D eigenvalue weighted by molar-refractivity contribution is -0.137. The predicted octanol–water partition coefficient (Wildman–Crippen LogP) is 3.64. The maximum absolute atomic E-state index is 13.4. The number of fused-ring (bicyclic) bond motifs is 1. The third kappa shape index (κ3) is 3.89. The second-order valence-electron chi connectivity index (χ2n) is 6.89. The Balaban J connectivity index is 1.49. The van der Waals surface area contributed by atoms with Crippen LogP contribution in [-0.4, -0.2) is 40.3 Å². The minimum Gasteiger partial charge on any atom is -0.316 e. The van der Waals surface area contributed by atoms with Gasteiger partial charge in [-0.25, -0.2) is 14.5 Å². The summed E-state index contributed by atoms with van der Waals surface area (Å²) in [4.78, 5) is 21.4. The van der Waals surface area contributed by atoms with E-state index in [1.165, 1.54) is 64.5 Å². The molecule has 0 fully saturated rings. The van der Waals surface area contributed by atoms with E-state index in [4.69, 9.17) is 0 Å². The van der Waals surface area contributed by atoms with E-state index >= 15 is 0 Å². The molecule has 4 aromatic heterocycles. The first-order chi connectivity index (χ1) is 15.9. The lowest BCUT2D eigenvalue weighted by Crippen LogP contribution is -2.14. The molecule has 0 bridgehead atoms. The van der Waals surface area contributed by atoms with Crippen LogP contribution < -0.4 is 5.32 Å². The van der Waals surface area contributed by atoms with Gasteiger partial charge in [-0.3, -0.25) is 9.36 Å². The Morgan fingerprint density at radius 3 is 2.52 bits per heavy atom. The Kier molecular flexibility index (Phi) is 4.81. The molecule has 5 aromatic rings. The van der Waals surface area contributed by atoms with E-state index in [-0.39, 0.29) is 28.3 Å². The van der Waals surface area contributed by atoms with Gasteiger partial charge in [0.05, 0.1) is 17.5 Å². The summed E-state index contributed by atoms with van der Waals surface area (Å²) in [6.45, 7) is 0. The first kappa shape index (κ1) is 20.3. The summed E-state index contributed by atoms with van der Waals surface area (Å²) >= 11 is 0. The van der Waals surface area contributed by atoms with Crippen LogP contribution in [0.4, 0.5) is 18.9 Å². The van der Waals surface area contributed by atoms with Crippen molar-refractivity contribution in [1.82, 2.24) is 34.3 Å². The molecule has 0 spiro atoms. The van der Waals surface area contributed by atoms with Gasteiger partial charge < -0.3 is 5.32 Å². The molecule has 5 rings (SSSR count). The Hall–Kier alpha value is -4.61. The molecule has 0 saturated carbocycles. The zero-order valence-corrected chi connectivity index (χ0v) is 16.6. The number of nitrogens with one attached hydrogen (secondary N) is 1. The topological polar surface area (TPSA) is 103 Å². The zero-order valence-electron chi connectivity index (χ0n) is 16.6. The highest BCUT2D eigenvalue weighted by Gasteiger charge is 2.33. The van der Waals surface area contributed by atoms with Crippen molar-refractivity contribution in [2.24, 2.45) is 0 Å². The molecular formula is C21H13F3N8O. The van der Waals surface area contributed by atoms with Crippen molar-refractivity contribution in [3.8, 4) is 17.1 Å². The number of halogens is 3. The average molecular weight is 450 g/mol. The van der Waals surface area contributed by atoms with Gasteiger partial charge in [0, 0.05) is 11.8 Å². The molecule has 12 heteroatoms. The number of rotatable bonds is 4. The third-order valence-electron chi connectivity index (χ3n) is 4.78. The first-order valence-corrected chi connectivity index (χ1v) is 9.54. The van der Waals surface area contributed by atoms with Crippen LogP contribution in [-0.2, 0) is 6.18 Å². The number of anilines is 1. The molecule has 9 nitrogen and oxygen atoms in total.